The van der Waals surface area contributed by atoms with Crippen molar-refractivity contribution in [3.8, 4) is 0 Å². The minimum atomic E-state index is 0.731. The molecule has 0 spiro atoms. The molecule has 5 heteroatoms. The van der Waals surface area contributed by atoms with Crippen molar-refractivity contribution in [1.29, 1.82) is 0 Å². The summed E-state index contributed by atoms with van der Waals surface area (Å²) in [5.74, 6) is 3.61. The molecule has 4 nitrogen and oxygen atoms in total. The molecule has 1 N–H and O–H groups in total. The van der Waals surface area contributed by atoms with E-state index in [0.29, 0.717) is 0 Å². The van der Waals surface area contributed by atoms with Crippen molar-refractivity contribution in [2.45, 2.75) is 25.4 Å². The fraction of sp³-hybridized carbons (Fsp3) is 0.533. The molecule has 1 aliphatic heterocycles. The highest BCUT2D eigenvalue weighted by atomic mass is 32.2. The SMILES string of the molecule is c1ccn2c(CNC3CC3)c(N3CCSCC3)nc2c1. The molecule has 2 aromatic rings. The van der Waals surface area contributed by atoms with Crippen LogP contribution in [0.2, 0.25) is 0 Å². The van der Waals surface area contributed by atoms with Crippen molar-refractivity contribution in [1.82, 2.24) is 14.7 Å². The quantitative estimate of drug-likeness (QED) is 0.934. The van der Waals surface area contributed by atoms with Gasteiger partial charge in [-0.3, -0.25) is 0 Å². The van der Waals surface area contributed by atoms with E-state index in [4.69, 9.17) is 4.98 Å². The third kappa shape index (κ3) is 2.40. The monoisotopic (exact) mass is 288 g/mol. The lowest BCUT2D eigenvalue weighted by molar-refractivity contribution is 0.666. The summed E-state index contributed by atoms with van der Waals surface area (Å²) in [5, 5.41) is 3.64. The number of thioether (sulfide) groups is 1. The second-order valence-electron chi connectivity index (χ2n) is 5.57. The smallest absolute Gasteiger partial charge is 0.152 e. The van der Waals surface area contributed by atoms with Gasteiger partial charge in [0.05, 0.1) is 5.69 Å². The summed E-state index contributed by atoms with van der Waals surface area (Å²) in [6.45, 7) is 3.16. The van der Waals surface area contributed by atoms with E-state index in [9.17, 15) is 0 Å². The van der Waals surface area contributed by atoms with Gasteiger partial charge in [-0.1, -0.05) is 6.07 Å². The number of anilines is 1. The van der Waals surface area contributed by atoms with Crippen LogP contribution in [0.3, 0.4) is 0 Å². The second-order valence-corrected chi connectivity index (χ2v) is 6.79. The summed E-state index contributed by atoms with van der Waals surface area (Å²) in [6.07, 6.45) is 4.79. The Kier molecular flexibility index (Phi) is 3.32. The minimum absolute atomic E-state index is 0.731. The molecule has 2 aromatic heterocycles. The van der Waals surface area contributed by atoms with Gasteiger partial charge in [0, 0.05) is 43.4 Å². The van der Waals surface area contributed by atoms with E-state index in [2.05, 4.69) is 39.0 Å². The summed E-state index contributed by atoms with van der Waals surface area (Å²) in [7, 11) is 0. The Labute approximate surface area is 123 Å². The first-order valence-corrected chi connectivity index (χ1v) is 8.59. The Morgan fingerprint density at radius 3 is 2.90 bits per heavy atom. The van der Waals surface area contributed by atoms with Crippen LogP contribution in [0.1, 0.15) is 18.5 Å². The maximum atomic E-state index is 4.87. The molecule has 2 fully saturated rings. The van der Waals surface area contributed by atoms with Crippen molar-refractivity contribution in [2.75, 3.05) is 29.5 Å². The molecule has 0 bridgehead atoms. The number of imidazole rings is 1. The van der Waals surface area contributed by atoms with Crippen LogP contribution >= 0.6 is 11.8 Å². The molecule has 20 heavy (non-hydrogen) atoms. The van der Waals surface area contributed by atoms with Gasteiger partial charge < -0.3 is 14.6 Å². The second kappa shape index (κ2) is 5.30. The van der Waals surface area contributed by atoms with E-state index in [-0.39, 0.29) is 0 Å². The van der Waals surface area contributed by atoms with Crippen molar-refractivity contribution in [2.24, 2.45) is 0 Å². The molecule has 0 aromatic carbocycles. The molecule has 1 saturated heterocycles. The summed E-state index contributed by atoms with van der Waals surface area (Å²) in [4.78, 5) is 7.33. The van der Waals surface area contributed by atoms with Crippen LogP contribution in [0.15, 0.2) is 24.4 Å². The van der Waals surface area contributed by atoms with Gasteiger partial charge in [-0.25, -0.2) is 4.98 Å². The summed E-state index contributed by atoms with van der Waals surface area (Å²) in [5.41, 5.74) is 2.38. The van der Waals surface area contributed by atoms with Crippen LogP contribution < -0.4 is 10.2 Å². The fourth-order valence-electron chi connectivity index (χ4n) is 2.76. The van der Waals surface area contributed by atoms with E-state index < -0.39 is 0 Å². The largest absolute Gasteiger partial charge is 0.353 e. The summed E-state index contributed by atoms with van der Waals surface area (Å²) in [6, 6.07) is 6.98. The lowest BCUT2D eigenvalue weighted by Gasteiger charge is -2.27. The molecular formula is C15H20N4S. The van der Waals surface area contributed by atoms with Crippen molar-refractivity contribution in [3.63, 3.8) is 0 Å². The first kappa shape index (κ1) is 12.5. The number of hydrogen-bond acceptors (Lipinski definition) is 4. The molecular weight excluding hydrogens is 268 g/mol. The third-order valence-corrected chi connectivity index (χ3v) is 5.00. The van der Waals surface area contributed by atoms with E-state index in [1.165, 1.54) is 35.9 Å². The zero-order chi connectivity index (χ0) is 13.4. The van der Waals surface area contributed by atoms with E-state index >= 15 is 0 Å². The molecule has 1 aliphatic carbocycles. The highest BCUT2D eigenvalue weighted by molar-refractivity contribution is 7.99. The van der Waals surface area contributed by atoms with Gasteiger partial charge in [0.25, 0.3) is 0 Å². The topological polar surface area (TPSA) is 32.6 Å². The van der Waals surface area contributed by atoms with Gasteiger partial charge in [0.15, 0.2) is 5.82 Å². The Bertz CT molecular complexity index is 599. The molecule has 0 amide bonds. The van der Waals surface area contributed by atoms with Gasteiger partial charge in [0.2, 0.25) is 0 Å². The van der Waals surface area contributed by atoms with E-state index in [1.54, 1.807) is 0 Å². The molecule has 0 unspecified atom stereocenters. The zero-order valence-electron chi connectivity index (χ0n) is 11.6. The van der Waals surface area contributed by atoms with Crippen molar-refractivity contribution in [3.05, 3.63) is 30.1 Å². The number of nitrogens with zero attached hydrogens (tertiary/aromatic N) is 3. The number of nitrogens with one attached hydrogen (secondary N) is 1. The summed E-state index contributed by atoms with van der Waals surface area (Å²) < 4.78 is 2.24. The van der Waals surface area contributed by atoms with Crippen LogP contribution in [-0.2, 0) is 6.54 Å². The Morgan fingerprint density at radius 2 is 2.10 bits per heavy atom. The number of pyridine rings is 1. The Morgan fingerprint density at radius 1 is 1.25 bits per heavy atom. The average Bonchev–Trinajstić information content (AvgIpc) is 3.26. The summed E-state index contributed by atoms with van der Waals surface area (Å²) >= 11 is 2.04. The fourth-order valence-corrected chi connectivity index (χ4v) is 3.66. The molecule has 106 valence electrons. The van der Waals surface area contributed by atoms with Gasteiger partial charge in [-0.15, -0.1) is 0 Å². The zero-order valence-corrected chi connectivity index (χ0v) is 12.4. The molecule has 3 heterocycles. The predicted molar refractivity (Wildman–Crippen MR) is 84.6 cm³/mol. The molecule has 1 saturated carbocycles. The van der Waals surface area contributed by atoms with E-state index in [1.807, 2.05) is 11.8 Å². The lowest BCUT2D eigenvalue weighted by atomic mass is 10.3. The highest BCUT2D eigenvalue weighted by Crippen LogP contribution is 2.26. The number of aromatic nitrogens is 2. The Hall–Kier alpha value is -1.20. The molecule has 0 atom stereocenters. The van der Waals surface area contributed by atoms with Gasteiger partial charge in [-0.2, -0.15) is 11.8 Å². The maximum absolute atomic E-state index is 4.87. The number of fused-ring (bicyclic) bond motifs is 1. The standard InChI is InChI=1S/C15H20N4S/c1-2-6-19-13(11-16-12-4-5-12)15(17-14(19)3-1)18-7-9-20-10-8-18/h1-3,6,12,16H,4-5,7-11H2. The predicted octanol–water partition coefficient (Wildman–Crippen LogP) is 2.14. The maximum Gasteiger partial charge on any atom is 0.152 e. The van der Waals surface area contributed by atoms with Gasteiger partial charge in [-0.05, 0) is 25.0 Å². The van der Waals surface area contributed by atoms with Crippen LogP contribution in [0, 0.1) is 0 Å². The van der Waals surface area contributed by atoms with Crippen molar-refractivity contribution >= 4 is 23.2 Å². The van der Waals surface area contributed by atoms with Crippen LogP contribution in [0.5, 0.6) is 0 Å². The van der Waals surface area contributed by atoms with Crippen molar-refractivity contribution < 1.29 is 0 Å². The molecule has 0 radical (unpaired) electrons. The first-order chi connectivity index (χ1) is 9.92. The first-order valence-electron chi connectivity index (χ1n) is 7.44. The third-order valence-electron chi connectivity index (χ3n) is 4.05. The molecule has 4 rings (SSSR count). The number of hydrogen-bond donors (Lipinski definition) is 1. The number of rotatable bonds is 4. The lowest BCUT2D eigenvalue weighted by Crippen LogP contribution is -2.34. The van der Waals surface area contributed by atoms with Crippen LogP contribution in [0.25, 0.3) is 5.65 Å². The highest BCUT2D eigenvalue weighted by Gasteiger charge is 2.24. The van der Waals surface area contributed by atoms with Crippen LogP contribution in [-0.4, -0.2) is 40.0 Å². The van der Waals surface area contributed by atoms with Crippen LogP contribution in [0.4, 0.5) is 5.82 Å². The Balaban J connectivity index is 1.70. The average molecular weight is 288 g/mol. The molecule has 2 aliphatic rings. The van der Waals surface area contributed by atoms with Gasteiger partial charge in [0.1, 0.15) is 5.65 Å². The van der Waals surface area contributed by atoms with E-state index in [0.717, 1.165) is 31.3 Å². The minimum Gasteiger partial charge on any atom is -0.353 e. The van der Waals surface area contributed by atoms with Gasteiger partial charge >= 0.3 is 0 Å². The normalized spacial score (nSPS) is 19.7.